The van der Waals surface area contributed by atoms with Gasteiger partial charge in [-0.05, 0) is 20.8 Å². The van der Waals surface area contributed by atoms with Gasteiger partial charge in [0.05, 0.1) is 6.04 Å². The molecule has 0 aliphatic carbocycles. The van der Waals surface area contributed by atoms with Crippen molar-refractivity contribution in [2.75, 3.05) is 19.6 Å². The number of piperazine rings is 1. The third kappa shape index (κ3) is 3.92. The van der Waals surface area contributed by atoms with Gasteiger partial charge in [-0.1, -0.05) is 0 Å². The number of alkyl halides is 2. The molecule has 1 atom stereocenters. The van der Waals surface area contributed by atoms with Crippen LogP contribution in [-0.4, -0.2) is 48.7 Å². The van der Waals surface area contributed by atoms with Crippen LogP contribution in [0.2, 0.25) is 0 Å². The zero-order valence-electron chi connectivity index (χ0n) is 9.80. The number of carbonyl (C=O) groups excluding carboxylic acids is 1. The van der Waals surface area contributed by atoms with Crippen LogP contribution in [0.3, 0.4) is 0 Å². The number of rotatable bonds is 1. The molecule has 16 heavy (non-hydrogen) atoms. The second kappa shape index (κ2) is 4.95. The standard InChI is InChI=1S/C10H18F2N2O2/c1-10(2,3)16-9(15)14-5-4-13-7(6-14)8(11)12/h7-8,13H,4-6H2,1-3H3/t7-/m1/s1. The van der Waals surface area contributed by atoms with Crippen molar-refractivity contribution in [3.8, 4) is 0 Å². The molecule has 0 radical (unpaired) electrons. The molecule has 0 aromatic heterocycles. The summed E-state index contributed by atoms with van der Waals surface area (Å²) in [7, 11) is 0. The fourth-order valence-electron chi connectivity index (χ4n) is 1.44. The van der Waals surface area contributed by atoms with Crippen molar-refractivity contribution in [1.29, 1.82) is 0 Å². The molecule has 0 saturated carbocycles. The van der Waals surface area contributed by atoms with Crippen LogP contribution in [0, 0.1) is 0 Å². The van der Waals surface area contributed by atoms with Crippen molar-refractivity contribution < 1.29 is 18.3 Å². The van der Waals surface area contributed by atoms with Gasteiger partial charge in [0.2, 0.25) is 0 Å². The minimum Gasteiger partial charge on any atom is -0.444 e. The Bertz CT molecular complexity index is 254. The summed E-state index contributed by atoms with van der Waals surface area (Å²) >= 11 is 0. The van der Waals surface area contributed by atoms with Gasteiger partial charge in [-0.25, -0.2) is 13.6 Å². The summed E-state index contributed by atoms with van der Waals surface area (Å²) in [4.78, 5) is 12.9. The van der Waals surface area contributed by atoms with E-state index in [0.717, 1.165) is 0 Å². The highest BCUT2D eigenvalue weighted by atomic mass is 19.3. The molecule has 0 aromatic carbocycles. The van der Waals surface area contributed by atoms with E-state index in [9.17, 15) is 13.6 Å². The molecule has 1 aliphatic rings. The van der Waals surface area contributed by atoms with Crippen LogP contribution in [-0.2, 0) is 4.74 Å². The lowest BCUT2D eigenvalue weighted by molar-refractivity contribution is 0.00697. The quantitative estimate of drug-likeness (QED) is 0.749. The molecule has 1 N–H and O–H groups in total. The minimum absolute atomic E-state index is 0.00736. The van der Waals surface area contributed by atoms with E-state index in [1.807, 2.05) is 0 Å². The van der Waals surface area contributed by atoms with Crippen molar-refractivity contribution in [2.24, 2.45) is 0 Å². The average Bonchev–Trinajstić information content (AvgIpc) is 2.15. The van der Waals surface area contributed by atoms with E-state index >= 15 is 0 Å². The lowest BCUT2D eigenvalue weighted by Gasteiger charge is -2.34. The highest BCUT2D eigenvalue weighted by Gasteiger charge is 2.31. The molecule has 1 amide bonds. The van der Waals surface area contributed by atoms with Crippen molar-refractivity contribution in [1.82, 2.24) is 10.2 Å². The van der Waals surface area contributed by atoms with Gasteiger partial charge in [0.25, 0.3) is 6.43 Å². The van der Waals surface area contributed by atoms with Crippen LogP contribution in [0.5, 0.6) is 0 Å². The Morgan fingerprint density at radius 1 is 1.50 bits per heavy atom. The number of hydrogen-bond acceptors (Lipinski definition) is 3. The number of carbonyl (C=O) groups is 1. The zero-order chi connectivity index (χ0) is 12.3. The maximum Gasteiger partial charge on any atom is 0.410 e. The summed E-state index contributed by atoms with van der Waals surface area (Å²) in [6.45, 7) is 6.01. The SMILES string of the molecule is CC(C)(C)OC(=O)N1CCN[C@@H](C(F)F)C1. The molecule has 1 rings (SSSR count). The molecule has 4 nitrogen and oxygen atoms in total. The molecule has 6 heteroatoms. The molecule has 1 aliphatic heterocycles. The van der Waals surface area contributed by atoms with Crippen LogP contribution >= 0.6 is 0 Å². The molecule has 0 aromatic rings. The van der Waals surface area contributed by atoms with Gasteiger partial charge in [0, 0.05) is 19.6 Å². The zero-order valence-corrected chi connectivity index (χ0v) is 9.80. The van der Waals surface area contributed by atoms with Gasteiger partial charge in [-0.15, -0.1) is 0 Å². The van der Waals surface area contributed by atoms with E-state index in [-0.39, 0.29) is 6.54 Å². The number of hydrogen-bond donors (Lipinski definition) is 1. The molecule has 0 unspecified atom stereocenters. The molecule has 94 valence electrons. The summed E-state index contributed by atoms with van der Waals surface area (Å²) in [5.74, 6) is 0. The Labute approximate surface area is 93.9 Å². The Balaban J connectivity index is 2.50. The fraction of sp³-hybridized carbons (Fsp3) is 0.900. The van der Waals surface area contributed by atoms with Crippen molar-refractivity contribution in [3.63, 3.8) is 0 Å². The maximum atomic E-state index is 12.5. The van der Waals surface area contributed by atoms with Gasteiger partial charge >= 0.3 is 6.09 Å². The maximum absolute atomic E-state index is 12.5. The molecular formula is C10H18F2N2O2. The van der Waals surface area contributed by atoms with Gasteiger partial charge in [-0.2, -0.15) is 0 Å². The Morgan fingerprint density at radius 2 is 2.12 bits per heavy atom. The highest BCUT2D eigenvalue weighted by molar-refractivity contribution is 5.68. The summed E-state index contributed by atoms with van der Waals surface area (Å²) in [5, 5.41) is 2.67. The summed E-state index contributed by atoms with van der Waals surface area (Å²) in [6.07, 6.45) is -3.00. The van der Waals surface area contributed by atoms with E-state index in [1.54, 1.807) is 20.8 Å². The van der Waals surface area contributed by atoms with Crippen molar-refractivity contribution in [2.45, 2.75) is 38.8 Å². The predicted molar refractivity (Wildman–Crippen MR) is 55.6 cm³/mol. The number of ether oxygens (including phenoxy) is 1. The topological polar surface area (TPSA) is 41.6 Å². The molecule has 1 heterocycles. The molecule has 0 bridgehead atoms. The summed E-state index contributed by atoms with van der Waals surface area (Å²) in [5.41, 5.74) is -0.595. The Kier molecular flexibility index (Phi) is 4.07. The third-order valence-electron chi connectivity index (χ3n) is 2.16. The number of halogens is 2. The lowest BCUT2D eigenvalue weighted by atomic mass is 10.2. The first-order valence-electron chi connectivity index (χ1n) is 5.29. The van der Waals surface area contributed by atoms with Crippen LogP contribution in [0.4, 0.5) is 13.6 Å². The number of nitrogens with one attached hydrogen (secondary N) is 1. The summed E-state index contributed by atoms with van der Waals surface area (Å²) in [6, 6.07) is -0.957. The fourth-order valence-corrected chi connectivity index (χ4v) is 1.44. The van der Waals surface area contributed by atoms with Crippen molar-refractivity contribution in [3.05, 3.63) is 0 Å². The number of amides is 1. The molecule has 0 spiro atoms. The van der Waals surface area contributed by atoms with E-state index in [1.165, 1.54) is 4.90 Å². The predicted octanol–water partition coefficient (Wildman–Crippen LogP) is 1.46. The van der Waals surface area contributed by atoms with E-state index in [2.05, 4.69) is 5.32 Å². The van der Waals surface area contributed by atoms with Crippen LogP contribution in [0.1, 0.15) is 20.8 Å². The Hall–Kier alpha value is -0.910. The van der Waals surface area contributed by atoms with Gasteiger partial charge in [0.15, 0.2) is 0 Å². The smallest absolute Gasteiger partial charge is 0.410 e. The van der Waals surface area contributed by atoms with Crippen LogP contribution in [0.15, 0.2) is 0 Å². The Morgan fingerprint density at radius 3 is 2.62 bits per heavy atom. The molecule has 1 fully saturated rings. The van der Waals surface area contributed by atoms with E-state index in [0.29, 0.717) is 13.1 Å². The lowest BCUT2D eigenvalue weighted by Crippen LogP contribution is -2.56. The number of nitrogens with zero attached hydrogens (tertiary/aromatic N) is 1. The molecular weight excluding hydrogens is 218 g/mol. The van der Waals surface area contributed by atoms with E-state index in [4.69, 9.17) is 4.74 Å². The highest BCUT2D eigenvalue weighted by Crippen LogP contribution is 2.13. The second-order valence-corrected chi connectivity index (χ2v) is 4.82. The van der Waals surface area contributed by atoms with Gasteiger partial charge < -0.3 is 15.0 Å². The van der Waals surface area contributed by atoms with Crippen LogP contribution < -0.4 is 5.32 Å². The van der Waals surface area contributed by atoms with Gasteiger partial charge in [0.1, 0.15) is 5.60 Å². The van der Waals surface area contributed by atoms with E-state index < -0.39 is 24.2 Å². The first-order valence-corrected chi connectivity index (χ1v) is 5.29. The summed E-state index contributed by atoms with van der Waals surface area (Å²) < 4.78 is 30.0. The second-order valence-electron chi connectivity index (χ2n) is 4.82. The first kappa shape index (κ1) is 13.2. The minimum atomic E-state index is -2.47. The van der Waals surface area contributed by atoms with Crippen LogP contribution in [0.25, 0.3) is 0 Å². The normalized spacial score (nSPS) is 22.4. The monoisotopic (exact) mass is 236 g/mol. The third-order valence-corrected chi connectivity index (χ3v) is 2.16. The first-order chi connectivity index (χ1) is 7.29. The largest absolute Gasteiger partial charge is 0.444 e. The van der Waals surface area contributed by atoms with Gasteiger partial charge in [-0.3, -0.25) is 0 Å². The average molecular weight is 236 g/mol. The van der Waals surface area contributed by atoms with Crippen molar-refractivity contribution >= 4 is 6.09 Å². The molecule has 1 saturated heterocycles.